The predicted molar refractivity (Wildman–Crippen MR) is 85.6 cm³/mol. The molecular weight excluding hydrogens is 354 g/mol. The van der Waals surface area contributed by atoms with Crippen LogP contribution in [0.2, 0.25) is 0 Å². The molecule has 0 spiro atoms. The molecule has 6 nitrogen and oxygen atoms in total. The van der Waals surface area contributed by atoms with Gasteiger partial charge in [0.1, 0.15) is 11.6 Å². The first-order valence-corrected chi connectivity index (χ1v) is 9.18. The van der Waals surface area contributed by atoms with Crippen LogP contribution in [0.25, 0.3) is 0 Å². The first-order valence-electron chi connectivity index (χ1n) is 7.74. The molecule has 1 aliphatic rings. The van der Waals surface area contributed by atoms with Crippen LogP contribution in [0, 0.1) is 11.6 Å². The Morgan fingerprint density at radius 2 is 1.68 bits per heavy atom. The molecule has 3 rings (SSSR count). The van der Waals surface area contributed by atoms with Crippen molar-refractivity contribution in [1.29, 1.82) is 0 Å². The molecule has 1 aliphatic heterocycles. The number of furan rings is 1. The highest BCUT2D eigenvalue weighted by Gasteiger charge is 2.29. The standard InChI is InChI=1S/C16H16F2N2O4S/c17-11-8-12(18)10-13(9-11)19-16(21)14-4-5-15(24-14)25(22,23)20-6-2-1-3-7-20/h4-5,8-10H,1-3,6-7H2,(H,19,21). The second-order valence-electron chi connectivity index (χ2n) is 5.70. The fourth-order valence-electron chi connectivity index (χ4n) is 2.63. The van der Waals surface area contributed by atoms with Crippen molar-refractivity contribution in [3.8, 4) is 0 Å². The lowest BCUT2D eigenvalue weighted by Crippen LogP contribution is -2.35. The van der Waals surface area contributed by atoms with Crippen LogP contribution in [0.1, 0.15) is 29.8 Å². The van der Waals surface area contributed by atoms with Gasteiger partial charge in [-0.05, 0) is 37.1 Å². The molecule has 1 fully saturated rings. The van der Waals surface area contributed by atoms with Gasteiger partial charge in [0.05, 0.1) is 0 Å². The van der Waals surface area contributed by atoms with Gasteiger partial charge in [0.15, 0.2) is 5.76 Å². The summed E-state index contributed by atoms with van der Waals surface area (Å²) in [6.45, 7) is 0.820. The summed E-state index contributed by atoms with van der Waals surface area (Å²) in [5.41, 5.74) is -0.0978. The van der Waals surface area contributed by atoms with E-state index in [-0.39, 0.29) is 16.5 Å². The highest BCUT2D eigenvalue weighted by Crippen LogP contribution is 2.23. The van der Waals surface area contributed by atoms with Crippen LogP contribution in [0.4, 0.5) is 14.5 Å². The second kappa shape index (κ2) is 6.93. The molecular formula is C16H16F2N2O4S. The van der Waals surface area contributed by atoms with Gasteiger partial charge in [-0.1, -0.05) is 6.42 Å². The molecule has 1 N–H and O–H groups in total. The monoisotopic (exact) mass is 370 g/mol. The van der Waals surface area contributed by atoms with Crippen molar-refractivity contribution in [1.82, 2.24) is 4.31 Å². The van der Waals surface area contributed by atoms with Gasteiger partial charge in [-0.2, -0.15) is 4.31 Å². The maximum atomic E-state index is 13.1. The van der Waals surface area contributed by atoms with Crippen molar-refractivity contribution in [3.63, 3.8) is 0 Å². The van der Waals surface area contributed by atoms with Gasteiger partial charge in [-0.15, -0.1) is 0 Å². The highest BCUT2D eigenvalue weighted by atomic mass is 32.2. The van der Waals surface area contributed by atoms with Gasteiger partial charge in [-0.25, -0.2) is 17.2 Å². The molecule has 0 aliphatic carbocycles. The summed E-state index contributed by atoms with van der Waals surface area (Å²) >= 11 is 0. The number of hydrogen-bond donors (Lipinski definition) is 1. The van der Waals surface area contributed by atoms with E-state index >= 15 is 0 Å². The maximum absolute atomic E-state index is 13.1. The van der Waals surface area contributed by atoms with Gasteiger partial charge in [0.25, 0.3) is 15.9 Å². The number of amides is 1. The molecule has 2 heterocycles. The van der Waals surface area contributed by atoms with E-state index in [4.69, 9.17) is 4.42 Å². The van der Waals surface area contributed by atoms with Crippen molar-refractivity contribution in [2.45, 2.75) is 24.4 Å². The normalized spacial score (nSPS) is 15.9. The third-order valence-electron chi connectivity index (χ3n) is 3.83. The third kappa shape index (κ3) is 3.88. The fraction of sp³-hybridized carbons (Fsp3) is 0.312. The number of nitrogens with one attached hydrogen (secondary N) is 1. The number of carbonyl (C=O) groups excluding carboxylic acids is 1. The van der Waals surface area contributed by atoms with Crippen LogP contribution in [0.3, 0.4) is 0 Å². The number of rotatable bonds is 4. The Kier molecular flexibility index (Phi) is 4.87. The van der Waals surface area contributed by atoms with Crippen LogP contribution >= 0.6 is 0 Å². The number of sulfonamides is 1. The van der Waals surface area contributed by atoms with Crippen LogP contribution in [0.5, 0.6) is 0 Å². The maximum Gasteiger partial charge on any atom is 0.291 e. The second-order valence-corrected chi connectivity index (χ2v) is 7.56. The van der Waals surface area contributed by atoms with E-state index in [1.165, 1.54) is 16.4 Å². The Labute approximate surface area is 143 Å². The fourth-order valence-corrected chi connectivity index (χ4v) is 4.06. The van der Waals surface area contributed by atoms with E-state index in [1.807, 2.05) is 0 Å². The average Bonchev–Trinajstić information content (AvgIpc) is 3.05. The largest absolute Gasteiger partial charge is 0.438 e. The van der Waals surface area contributed by atoms with E-state index in [0.717, 1.165) is 31.4 Å². The molecule has 1 saturated heterocycles. The zero-order chi connectivity index (χ0) is 18.0. The summed E-state index contributed by atoms with van der Waals surface area (Å²) < 4.78 is 57.7. The lowest BCUT2D eigenvalue weighted by atomic mass is 10.2. The van der Waals surface area contributed by atoms with Crippen LogP contribution in [-0.4, -0.2) is 31.7 Å². The zero-order valence-corrected chi connectivity index (χ0v) is 14.0. The Bertz CT molecular complexity index is 869. The molecule has 2 aromatic rings. The topological polar surface area (TPSA) is 79.6 Å². The number of piperidine rings is 1. The van der Waals surface area contributed by atoms with Crippen molar-refractivity contribution in [3.05, 3.63) is 47.7 Å². The summed E-state index contributed by atoms with van der Waals surface area (Å²) in [6, 6.07) is 4.96. The number of hydrogen-bond acceptors (Lipinski definition) is 4. The van der Waals surface area contributed by atoms with Gasteiger partial charge in [0.2, 0.25) is 5.09 Å². The number of nitrogens with zero attached hydrogens (tertiary/aromatic N) is 1. The summed E-state index contributed by atoms with van der Waals surface area (Å²) in [4.78, 5) is 12.1. The molecule has 0 unspecified atom stereocenters. The molecule has 134 valence electrons. The molecule has 1 aromatic carbocycles. The van der Waals surface area contributed by atoms with E-state index in [2.05, 4.69) is 5.32 Å². The number of benzene rings is 1. The predicted octanol–water partition coefficient (Wildman–Crippen LogP) is 2.98. The van der Waals surface area contributed by atoms with Crippen molar-refractivity contribution < 1.29 is 26.4 Å². The minimum Gasteiger partial charge on any atom is -0.438 e. The molecule has 0 saturated carbocycles. The van der Waals surface area contributed by atoms with Gasteiger partial charge >= 0.3 is 0 Å². The van der Waals surface area contributed by atoms with Crippen LogP contribution < -0.4 is 5.32 Å². The SMILES string of the molecule is O=C(Nc1cc(F)cc(F)c1)c1ccc(S(=O)(=O)N2CCCCC2)o1. The number of carbonyl (C=O) groups is 1. The minimum atomic E-state index is -3.79. The van der Waals surface area contributed by atoms with Gasteiger partial charge < -0.3 is 9.73 Å². The van der Waals surface area contributed by atoms with E-state index in [0.29, 0.717) is 19.2 Å². The smallest absolute Gasteiger partial charge is 0.291 e. The summed E-state index contributed by atoms with van der Waals surface area (Å²) in [7, 11) is -3.79. The first kappa shape index (κ1) is 17.6. The Morgan fingerprint density at radius 3 is 2.32 bits per heavy atom. The van der Waals surface area contributed by atoms with Crippen molar-refractivity contribution >= 4 is 21.6 Å². The third-order valence-corrected chi connectivity index (χ3v) is 5.61. The van der Waals surface area contributed by atoms with Crippen molar-refractivity contribution in [2.75, 3.05) is 18.4 Å². The Hall–Kier alpha value is -2.26. The molecule has 0 radical (unpaired) electrons. The molecule has 0 atom stereocenters. The molecule has 9 heteroatoms. The van der Waals surface area contributed by atoms with Gasteiger partial charge in [0, 0.05) is 24.8 Å². The number of anilines is 1. The first-order chi connectivity index (χ1) is 11.9. The Morgan fingerprint density at radius 1 is 1.04 bits per heavy atom. The zero-order valence-electron chi connectivity index (χ0n) is 13.2. The van der Waals surface area contributed by atoms with E-state index in [1.54, 1.807) is 0 Å². The molecule has 1 amide bonds. The lowest BCUT2D eigenvalue weighted by molar-refractivity contribution is 0.0991. The van der Waals surface area contributed by atoms with Gasteiger partial charge in [-0.3, -0.25) is 4.79 Å². The summed E-state index contributed by atoms with van der Waals surface area (Å²) in [5.74, 6) is -2.75. The quantitative estimate of drug-likeness (QED) is 0.897. The van der Waals surface area contributed by atoms with E-state index in [9.17, 15) is 22.0 Å². The average molecular weight is 370 g/mol. The van der Waals surface area contributed by atoms with E-state index < -0.39 is 27.6 Å². The number of halogens is 2. The Balaban J connectivity index is 1.77. The van der Waals surface area contributed by atoms with Crippen LogP contribution in [0.15, 0.2) is 39.8 Å². The molecule has 25 heavy (non-hydrogen) atoms. The molecule has 1 aromatic heterocycles. The van der Waals surface area contributed by atoms with Crippen LogP contribution in [-0.2, 0) is 10.0 Å². The lowest BCUT2D eigenvalue weighted by Gasteiger charge is -2.24. The molecule has 0 bridgehead atoms. The highest BCUT2D eigenvalue weighted by molar-refractivity contribution is 7.89. The summed E-state index contributed by atoms with van der Waals surface area (Å²) in [5, 5.41) is 1.93. The minimum absolute atomic E-state index is 0.0978. The summed E-state index contributed by atoms with van der Waals surface area (Å²) in [6.07, 6.45) is 2.53. The van der Waals surface area contributed by atoms with Crippen molar-refractivity contribution in [2.24, 2.45) is 0 Å².